The number of anilines is 1. The third-order valence-corrected chi connectivity index (χ3v) is 4.10. The fraction of sp³-hybridized carbons (Fsp3) is 0.375. The molecule has 1 aromatic carbocycles. The van der Waals surface area contributed by atoms with Crippen molar-refractivity contribution in [2.75, 3.05) is 18.0 Å². The molecule has 0 spiro atoms. The standard InChI is InChI=1S/C16H20N4/c1-12(15-10-18-8-9-19-15)20-11-13(6-7-17)14-4-2-3-5-16(14)20/h2-5,8-10,12-13H,6-7,11,17H2,1H3. The maximum Gasteiger partial charge on any atom is 0.0808 e. The van der Waals surface area contributed by atoms with Gasteiger partial charge in [0.15, 0.2) is 0 Å². The molecule has 20 heavy (non-hydrogen) atoms. The van der Waals surface area contributed by atoms with Crippen LogP contribution in [0.1, 0.15) is 36.6 Å². The molecular formula is C16H20N4. The van der Waals surface area contributed by atoms with Gasteiger partial charge in [-0.3, -0.25) is 9.97 Å². The average molecular weight is 268 g/mol. The minimum atomic E-state index is 0.229. The van der Waals surface area contributed by atoms with E-state index in [2.05, 4.69) is 46.1 Å². The van der Waals surface area contributed by atoms with E-state index >= 15 is 0 Å². The lowest BCUT2D eigenvalue weighted by atomic mass is 9.98. The van der Waals surface area contributed by atoms with Gasteiger partial charge < -0.3 is 10.6 Å². The first-order valence-electron chi connectivity index (χ1n) is 7.13. The smallest absolute Gasteiger partial charge is 0.0808 e. The summed E-state index contributed by atoms with van der Waals surface area (Å²) in [5.74, 6) is 0.523. The predicted octanol–water partition coefficient (Wildman–Crippen LogP) is 2.49. The highest BCUT2D eigenvalue weighted by atomic mass is 15.2. The van der Waals surface area contributed by atoms with E-state index in [-0.39, 0.29) is 6.04 Å². The summed E-state index contributed by atoms with van der Waals surface area (Å²) in [6.45, 7) is 3.92. The molecule has 0 saturated heterocycles. The Morgan fingerprint density at radius 3 is 2.95 bits per heavy atom. The second kappa shape index (κ2) is 5.59. The summed E-state index contributed by atoms with van der Waals surface area (Å²) in [5.41, 5.74) is 9.49. The van der Waals surface area contributed by atoms with Gasteiger partial charge in [0, 0.05) is 30.5 Å². The van der Waals surface area contributed by atoms with E-state index in [9.17, 15) is 0 Å². The highest BCUT2D eigenvalue weighted by Gasteiger charge is 2.31. The van der Waals surface area contributed by atoms with Gasteiger partial charge in [-0.1, -0.05) is 18.2 Å². The third kappa shape index (κ3) is 2.27. The molecule has 0 fully saturated rings. The number of rotatable bonds is 4. The first-order valence-corrected chi connectivity index (χ1v) is 7.13. The van der Waals surface area contributed by atoms with Crippen molar-refractivity contribution >= 4 is 5.69 Å². The van der Waals surface area contributed by atoms with Crippen molar-refractivity contribution < 1.29 is 0 Å². The van der Waals surface area contributed by atoms with Gasteiger partial charge in [0.05, 0.1) is 17.9 Å². The van der Waals surface area contributed by atoms with Crippen LogP contribution in [0.4, 0.5) is 5.69 Å². The van der Waals surface area contributed by atoms with Crippen LogP contribution in [-0.2, 0) is 0 Å². The van der Waals surface area contributed by atoms with Crippen LogP contribution in [0.15, 0.2) is 42.9 Å². The normalized spacial score (nSPS) is 18.9. The lowest BCUT2D eigenvalue weighted by molar-refractivity contribution is 0.598. The van der Waals surface area contributed by atoms with Gasteiger partial charge >= 0.3 is 0 Å². The van der Waals surface area contributed by atoms with E-state index in [1.165, 1.54) is 11.3 Å². The zero-order valence-corrected chi connectivity index (χ0v) is 11.7. The molecular weight excluding hydrogens is 248 g/mol. The van der Waals surface area contributed by atoms with Crippen LogP contribution in [0.3, 0.4) is 0 Å². The molecule has 2 atom stereocenters. The first kappa shape index (κ1) is 13.1. The number of hydrogen-bond donors (Lipinski definition) is 1. The molecule has 4 heteroatoms. The Hall–Kier alpha value is -1.94. The van der Waals surface area contributed by atoms with Crippen molar-refractivity contribution in [3.8, 4) is 0 Å². The lowest BCUT2D eigenvalue weighted by Crippen LogP contribution is -2.26. The number of benzene rings is 1. The van der Waals surface area contributed by atoms with Crippen molar-refractivity contribution in [3.05, 3.63) is 54.1 Å². The quantitative estimate of drug-likeness (QED) is 0.925. The Morgan fingerprint density at radius 1 is 1.35 bits per heavy atom. The monoisotopic (exact) mass is 268 g/mol. The number of nitrogens with two attached hydrogens (primary N) is 1. The molecule has 104 valence electrons. The molecule has 1 aromatic heterocycles. The molecule has 1 aliphatic rings. The molecule has 2 N–H and O–H groups in total. The van der Waals surface area contributed by atoms with Gasteiger partial charge in [-0.2, -0.15) is 0 Å². The molecule has 1 aliphatic heterocycles. The molecule has 0 aliphatic carbocycles. The zero-order chi connectivity index (χ0) is 13.9. The van der Waals surface area contributed by atoms with Gasteiger partial charge in [0.1, 0.15) is 0 Å². The SMILES string of the molecule is CC(c1cnccn1)N1CC(CCN)c2ccccc21. The van der Waals surface area contributed by atoms with E-state index in [0.29, 0.717) is 5.92 Å². The van der Waals surface area contributed by atoms with Crippen molar-refractivity contribution in [2.45, 2.75) is 25.3 Å². The Morgan fingerprint density at radius 2 is 2.20 bits per heavy atom. The van der Waals surface area contributed by atoms with Gasteiger partial charge in [0.25, 0.3) is 0 Å². The second-order valence-corrected chi connectivity index (χ2v) is 5.29. The van der Waals surface area contributed by atoms with Crippen LogP contribution >= 0.6 is 0 Å². The Kier molecular flexibility index (Phi) is 3.65. The summed E-state index contributed by atoms with van der Waals surface area (Å²) in [6.07, 6.45) is 6.35. The Labute approximate surface area is 119 Å². The molecule has 2 heterocycles. The van der Waals surface area contributed by atoms with E-state index in [0.717, 1.165) is 25.2 Å². The molecule has 0 saturated carbocycles. The first-order chi connectivity index (χ1) is 9.81. The fourth-order valence-electron chi connectivity index (χ4n) is 3.03. The number of fused-ring (bicyclic) bond motifs is 1. The van der Waals surface area contributed by atoms with Gasteiger partial charge in [-0.15, -0.1) is 0 Å². The highest BCUT2D eigenvalue weighted by Crippen LogP contribution is 2.41. The van der Waals surface area contributed by atoms with Crippen molar-refractivity contribution in [1.82, 2.24) is 9.97 Å². The topological polar surface area (TPSA) is 55.0 Å². The summed E-state index contributed by atoms with van der Waals surface area (Å²) in [5, 5.41) is 0. The largest absolute Gasteiger partial charge is 0.362 e. The maximum absolute atomic E-state index is 5.76. The van der Waals surface area contributed by atoms with Crippen molar-refractivity contribution in [3.63, 3.8) is 0 Å². The third-order valence-electron chi connectivity index (χ3n) is 4.10. The molecule has 4 nitrogen and oxygen atoms in total. The van der Waals surface area contributed by atoms with E-state index < -0.39 is 0 Å². The summed E-state index contributed by atoms with van der Waals surface area (Å²) in [7, 11) is 0. The van der Waals surface area contributed by atoms with Gasteiger partial charge in [0.2, 0.25) is 0 Å². The second-order valence-electron chi connectivity index (χ2n) is 5.29. The molecule has 0 amide bonds. The maximum atomic E-state index is 5.76. The molecule has 3 rings (SSSR count). The predicted molar refractivity (Wildman–Crippen MR) is 80.6 cm³/mol. The highest BCUT2D eigenvalue weighted by molar-refractivity contribution is 5.61. The van der Waals surface area contributed by atoms with Crippen LogP contribution in [0, 0.1) is 0 Å². The fourth-order valence-corrected chi connectivity index (χ4v) is 3.03. The van der Waals surface area contributed by atoms with Crippen LogP contribution in [0.2, 0.25) is 0 Å². The molecule has 0 radical (unpaired) electrons. The molecule has 0 bridgehead atoms. The molecule has 2 aromatic rings. The van der Waals surface area contributed by atoms with Crippen molar-refractivity contribution in [2.24, 2.45) is 5.73 Å². The Bertz CT molecular complexity index is 570. The van der Waals surface area contributed by atoms with Gasteiger partial charge in [-0.05, 0) is 31.5 Å². The minimum absolute atomic E-state index is 0.229. The van der Waals surface area contributed by atoms with Crippen LogP contribution < -0.4 is 10.6 Å². The summed E-state index contributed by atoms with van der Waals surface area (Å²) in [6, 6.07) is 8.85. The van der Waals surface area contributed by atoms with Crippen molar-refractivity contribution in [1.29, 1.82) is 0 Å². The van der Waals surface area contributed by atoms with Crippen LogP contribution in [-0.4, -0.2) is 23.1 Å². The Balaban J connectivity index is 1.92. The summed E-state index contributed by atoms with van der Waals surface area (Å²) in [4.78, 5) is 11.0. The van der Waals surface area contributed by atoms with Crippen LogP contribution in [0.25, 0.3) is 0 Å². The number of para-hydroxylation sites is 1. The van der Waals surface area contributed by atoms with Crippen LogP contribution in [0.5, 0.6) is 0 Å². The number of aromatic nitrogens is 2. The minimum Gasteiger partial charge on any atom is -0.362 e. The zero-order valence-electron chi connectivity index (χ0n) is 11.7. The summed E-state index contributed by atoms with van der Waals surface area (Å²) < 4.78 is 0. The lowest BCUT2D eigenvalue weighted by Gasteiger charge is -2.27. The summed E-state index contributed by atoms with van der Waals surface area (Å²) >= 11 is 0. The number of nitrogens with zero attached hydrogens (tertiary/aromatic N) is 3. The van der Waals surface area contributed by atoms with E-state index in [1.54, 1.807) is 12.4 Å². The average Bonchev–Trinajstić information content (AvgIpc) is 2.87. The number of hydrogen-bond acceptors (Lipinski definition) is 4. The van der Waals surface area contributed by atoms with Gasteiger partial charge in [-0.25, -0.2) is 0 Å². The van der Waals surface area contributed by atoms with E-state index in [1.807, 2.05) is 6.20 Å². The van der Waals surface area contributed by atoms with E-state index in [4.69, 9.17) is 5.73 Å². The molecule has 2 unspecified atom stereocenters.